The number of sulfone groups is 1. The minimum atomic E-state index is -2.96. The van der Waals surface area contributed by atoms with Gasteiger partial charge in [0.2, 0.25) is 0 Å². The number of aryl methyl sites for hydroxylation is 2. The fraction of sp³-hybridized carbons (Fsp3) is 0.692. The maximum Gasteiger partial charge on any atom is 0.147 e. The molecule has 0 saturated heterocycles. The summed E-state index contributed by atoms with van der Waals surface area (Å²) in [6.45, 7) is 3.93. The molecule has 0 N–H and O–H groups in total. The predicted molar refractivity (Wildman–Crippen MR) is 75.0 cm³/mol. The average Bonchev–Trinajstić information content (AvgIpc) is 2.49. The Kier molecular flexibility index (Phi) is 5.29. The van der Waals surface area contributed by atoms with Crippen LogP contribution in [0.3, 0.4) is 0 Å². The Labute approximate surface area is 114 Å². The van der Waals surface area contributed by atoms with E-state index >= 15 is 0 Å². The maximum absolute atomic E-state index is 11.7. The minimum Gasteiger partial charge on any atom is -0.300 e. The van der Waals surface area contributed by atoms with Gasteiger partial charge in [-0.1, -0.05) is 0 Å². The van der Waals surface area contributed by atoms with Crippen LogP contribution in [0.5, 0.6) is 0 Å². The highest BCUT2D eigenvalue weighted by Gasteiger charge is 2.12. The molecular formula is C13H22N2O3S. The third-order valence-corrected chi connectivity index (χ3v) is 4.31. The van der Waals surface area contributed by atoms with E-state index in [1.54, 1.807) is 0 Å². The first-order chi connectivity index (χ1) is 8.70. The van der Waals surface area contributed by atoms with Crippen molar-refractivity contribution in [2.45, 2.75) is 39.5 Å². The van der Waals surface area contributed by atoms with Gasteiger partial charge >= 0.3 is 0 Å². The molecule has 19 heavy (non-hydrogen) atoms. The molecule has 6 heteroatoms. The summed E-state index contributed by atoms with van der Waals surface area (Å²) in [5.41, 5.74) is 3.17. The van der Waals surface area contributed by atoms with Crippen molar-refractivity contribution in [1.29, 1.82) is 0 Å². The normalized spacial score (nSPS) is 11.8. The van der Waals surface area contributed by atoms with Crippen molar-refractivity contribution in [3.8, 4) is 0 Å². The Morgan fingerprint density at radius 3 is 2.37 bits per heavy atom. The number of carbonyl (C=O) groups excluding carboxylic acids is 1. The lowest BCUT2D eigenvalue weighted by Crippen LogP contribution is -2.07. The SMILES string of the molecule is Cc1nn(C)c(C)c1CCC(=O)CCCS(C)(=O)=O. The fourth-order valence-corrected chi connectivity index (χ4v) is 2.77. The van der Waals surface area contributed by atoms with E-state index < -0.39 is 9.84 Å². The second-order valence-corrected chi connectivity index (χ2v) is 7.30. The third-order valence-electron chi connectivity index (χ3n) is 3.28. The van der Waals surface area contributed by atoms with Crippen LogP contribution in [0.15, 0.2) is 0 Å². The van der Waals surface area contributed by atoms with E-state index in [4.69, 9.17) is 0 Å². The van der Waals surface area contributed by atoms with Crippen molar-refractivity contribution >= 4 is 15.6 Å². The van der Waals surface area contributed by atoms with Crippen LogP contribution in [0.2, 0.25) is 0 Å². The van der Waals surface area contributed by atoms with Gasteiger partial charge in [0.15, 0.2) is 0 Å². The monoisotopic (exact) mass is 286 g/mol. The molecule has 0 aliphatic heterocycles. The van der Waals surface area contributed by atoms with E-state index in [-0.39, 0.29) is 11.5 Å². The van der Waals surface area contributed by atoms with Crippen molar-refractivity contribution in [2.24, 2.45) is 7.05 Å². The summed E-state index contributed by atoms with van der Waals surface area (Å²) in [6.07, 6.45) is 3.09. The van der Waals surface area contributed by atoms with Gasteiger partial charge in [-0.05, 0) is 32.3 Å². The van der Waals surface area contributed by atoms with E-state index in [2.05, 4.69) is 5.10 Å². The zero-order valence-corrected chi connectivity index (χ0v) is 12.9. The summed E-state index contributed by atoms with van der Waals surface area (Å²) in [6, 6.07) is 0. The molecule has 108 valence electrons. The van der Waals surface area contributed by atoms with Gasteiger partial charge in [-0.2, -0.15) is 5.10 Å². The molecule has 0 unspecified atom stereocenters. The number of Topliss-reactive ketones (excluding diaryl/α,β-unsaturated/α-hetero) is 1. The Hall–Kier alpha value is -1.17. The smallest absolute Gasteiger partial charge is 0.147 e. The van der Waals surface area contributed by atoms with Gasteiger partial charge in [-0.25, -0.2) is 8.42 Å². The molecule has 1 heterocycles. The van der Waals surface area contributed by atoms with E-state index in [1.807, 2.05) is 25.6 Å². The molecule has 0 atom stereocenters. The minimum absolute atomic E-state index is 0.0870. The molecule has 1 aromatic heterocycles. The molecule has 0 aliphatic rings. The largest absolute Gasteiger partial charge is 0.300 e. The zero-order valence-electron chi connectivity index (χ0n) is 12.1. The van der Waals surface area contributed by atoms with Crippen molar-refractivity contribution in [1.82, 2.24) is 9.78 Å². The zero-order chi connectivity index (χ0) is 14.6. The first-order valence-corrected chi connectivity index (χ1v) is 8.45. The topological polar surface area (TPSA) is 69.0 Å². The van der Waals surface area contributed by atoms with Crippen LogP contribution in [-0.4, -0.2) is 36.0 Å². The Bertz CT molecular complexity index is 559. The lowest BCUT2D eigenvalue weighted by Gasteiger charge is -2.02. The highest BCUT2D eigenvalue weighted by molar-refractivity contribution is 7.90. The standard InChI is InChI=1S/C13H22N2O3S/c1-10-13(11(2)15(3)14-10)8-7-12(16)6-5-9-19(4,17)18/h5-9H2,1-4H3. The third kappa shape index (κ3) is 5.14. The molecule has 0 aromatic carbocycles. The van der Waals surface area contributed by atoms with Gasteiger partial charge in [-0.15, -0.1) is 0 Å². The molecule has 1 aromatic rings. The average molecular weight is 286 g/mol. The first-order valence-electron chi connectivity index (χ1n) is 6.39. The lowest BCUT2D eigenvalue weighted by molar-refractivity contribution is -0.119. The summed E-state index contributed by atoms with van der Waals surface area (Å²) in [7, 11) is -1.07. The van der Waals surface area contributed by atoms with Crippen LogP contribution in [0.1, 0.15) is 36.2 Å². The number of hydrogen-bond acceptors (Lipinski definition) is 4. The molecule has 0 aliphatic carbocycles. The number of ketones is 1. The number of carbonyl (C=O) groups is 1. The summed E-state index contributed by atoms with van der Waals surface area (Å²) in [5.74, 6) is 0.204. The predicted octanol–water partition coefficient (Wildman–Crippen LogP) is 1.36. The van der Waals surface area contributed by atoms with E-state index in [9.17, 15) is 13.2 Å². The number of nitrogens with zero attached hydrogens (tertiary/aromatic N) is 2. The highest BCUT2D eigenvalue weighted by atomic mass is 32.2. The van der Waals surface area contributed by atoms with E-state index in [0.29, 0.717) is 25.7 Å². The number of hydrogen-bond donors (Lipinski definition) is 0. The fourth-order valence-electron chi connectivity index (χ4n) is 2.10. The summed E-state index contributed by atoms with van der Waals surface area (Å²) < 4.78 is 23.7. The Balaban J connectivity index is 2.42. The van der Waals surface area contributed by atoms with Gasteiger partial charge in [0.05, 0.1) is 11.4 Å². The molecule has 0 amide bonds. The highest BCUT2D eigenvalue weighted by Crippen LogP contribution is 2.14. The summed E-state index contributed by atoms with van der Waals surface area (Å²) >= 11 is 0. The molecule has 0 bridgehead atoms. The molecule has 0 fully saturated rings. The van der Waals surface area contributed by atoms with Crippen molar-refractivity contribution < 1.29 is 13.2 Å². The van der Waals surface area contributed by atoms with Gasteiger partial charge < -0.3 is 0 Å². The Morgan fingerprint density at radius 2 is 1.89 bits per heavy atom. The first kappa shape index (κ1) is 15.9. The van der Waals surface area contributed by atoms with Gasteiger partial charge in [0.1, 0.15) is 15.6 Å². The number of rotatable bonds is 7. The summed E-state index contributed by atoms with van der Waals surface area (Å²) in [5, 5.41) is 4.31. The lowest BCUT2D eigenvalue weighted by atomic mass is 10.0. The van der Waals surface area contributed by atoms with Crippen LogP contribution in [0, 0.1) is 13.8 Å². The van der Waals surface area contributed by atoms with Gasteiger partial charge in [0.25, 0.3) is 0 Å². The van der Waals surface area contributed by atoms with Crippen LogP contribution < -0.4 is 0 Å². The summed E-state index contributed by atoms with van der Waals surface area (Å²) in [4.78, 5) is 11.7. The van der Waals surface area contributed by atoms with Crippen LogP contribution >= 0.6 is 0 Å². The van der Waals surface area contributed by atoms with Gasteiger partial charge in [-0.3, -0.25) is 9.48 Å². The molecule has 0 spiro atoms. The van der Waals surface area contributed by atoms with Crippen molar-refractivity contribution in [3.05, 3.63) is 17.0 Å². The van der Waals surface area contributed by atoms with Crippen LogP contribution in [0.25, 0.3) is 0 Å². The van der Waals surface area contributed by atoms with E-state index in [1.165, 1.54) is 6.26 Å². The molecule has 5 nitrogen and oxygen atoms in total. The van der Waals surface area contributed by atoms with Crippen molar-refractivity contribution in [3.63, 3.8) is 0 Å². The second-order valence-electron chi connectivity index (χ2n) is 5.05. The molecule has 0 radical (unpaired) electrons. The molecule has 1 rings (SSSR count). The van der Waals surface area contributed by atoms with Crippen molar-refractivity contribution in [2.75, 3.05) is 12.0 Å². The molecular weight excluding hydrogens is 264 g/mol. The van der Waals surface area contributed by atoms with Gasteiger partial charge in [0, 0.05) is 31.8 Å². The maximum atomic E-state index is 11.7. The second kappa shape index (κ2) is 6.32. The quantitative estimate of drug-likeness (QED) is 0.759. The van der Waals surface area contributed by atoms with Crippen LogP contribution in [-0.2, 0) is 28.1 Å². The van der Waals surface area contributed by atoms with E-state index in [0.717, 1.165) is 17.0 Å². The Morgan fingerprint density at radius 1 is 1.26 bits per heavy atom. The van der Waals surface area contributed by atoms with Crippen LogP contribution in [0.4, 0.5) is 0 Å². The molecule has 0 saturated carbocycles. The number of aromatic nitrogens is 2.